The first-order chi connectivity index (χ1) is 11.4. The van der Waals surface area contributed by atoms with Crippen LogP contribution in [0.1, 0.15) is 16.1 Å². The lowest BCUT2D eigenvalue weighted by atomic mass is 10.1. The molecule has 0 atom stereocenters. The first-order valence-electron chi connectivity index (χ1n) is 6.65. The van der Waals surface area contributed by atoms with Gasteiger partial charge in [0.15, 0.2) is 5.69 Å². The summed E-state index contributed by atoms with van der Waals surface area (Å²) in [6, 6.07) is 7.32. The Kier molecular flexibility index (Phi) is 3.76. The van der Waals surface area contributed by atoms with Crippen LogP contribution in [0.25, 0.3) is 16.9 Å². The highest BCUT2D eigenvalue weighted by molar-refractivity contribution is 5.93. The standard InChI is InChI=1S/C15H9F3N4O2/c16-15(17,18)10-1-3-11(4-2-10)22-13(9-5-7-19-8-6-9)12(14(23)24)20-21-22/h1-8H,(H,23,24). The Morgan fingerprint density at radius 1 is 1.04 bits per heavy atom. The number of carboxylic acids is 1. The molecule has 2 aromatic heterocycles. The number of aromatic carboxylic acids is 1. The summed E-state index contributed by atoms with van der Waals surface area (Å²) in [5, 5.41) is 16.6. The molecule has 2 heterocycles. The van der Waals surface area contributed by atoms with Crippen molar-refractivity contribution in [1.29, 1.82) is 0 Å². The van der Waals surface area contributed by atoms with Gasteiger partial charge in [-0.1, -0.05) is 5.21 Å². The third kappa shape index (κ3) is 2.83. The summed E-state index contributed by atoms with van der Waals surface area (Å²) in [4.78, 5) is 15.2. The topological polar surface area (TPSA) is 80.9 Å². The van der Waals surface area contributed by atoms with E-state index in [0.717, 1.165) is 12.1 Å². The van der Waals surface area contributed by atoms with Crippen molar-refractivity contribution in [1.82, 2.24) is 20.0 Å². The lowest BCUT2D eigenvalue weighted by molar-refractivity contribution is -0.137. The molecule has 3 aromatic rings. The van der Waals surface area contributed by atoms with Gasteiger partial charge in [-0.25, -0.2) is 9.48 Å². The Hall–Kier alpha value is -3.23. The van der Waals surface area contributed by atoms with Crippen molar-refractivity contribution >= 4 is 5.97 Å². The molecule has 0 bridgehead atoms. The van der Waals surface area contributed by atoms with Crippen molar-refractivity contribution in [3.63, 3.8) is 0 Å². The second kappa shape index (κ2) is 5.76. The number of hydrogen-bond acceptors (Lipinski definition) is 4. The molecule has 0 spiro atoms. The lowest BCUT2D eigenvalue weighted by Crippen LogP contribution is -2.06. The van der Waals surface area contributed by atoms with Gasteiger partial charge in [0.25, 0.3) is 0 Å². The van der Waals surface area contributed by atoms with Crippen molar-refractivity contribution in [2.45, 2.75) is 6.18 Å². The maximum Gasteiger partial charge on any atom is 0.416 e. The van der Waals surface area contributed by atoms with Gasteiger partial charge in [0.1, 0.15) is 5.69 Å². The SMILES string of the molecule is O=C(O)c1nnn(-c2ccc(C(F)(F)F)cc2)c1-c1ccncc1. The fraction of sp³-hybridized carbons (Fsp3) is 0.0667. The quantitative estimate of drug-likeness (QED) is 0.796. The molecule has 0 amide bonds. The van der Waals surface area contributed by atoms with E-state index in [0.29, 0.717) is 5.56 Å². The van der Waals surface area contributed by atoms with Crippen LogP contribution in [-0.4, -0.2) is 31.1 Å². The number of nitrogens with zero attached hydrogens (tertiary/aromatic N) is 4. The number of benzene rings is 1. The Balaban J connectivity index is 2.14. The predicted molar refractivity (Wildman–Crippen MR) is 76.6 cm³/mol. The van der Waals surface area contributed by atoms with E-state index in [9.17, 15) is 23.1 Å². The number of pyridine rings is 1. The Labute approximate surface area is 133 Å². The lowest BCUT2D eigenvalue weighted by Gasteiger charge is -2.09. The molecule has 0 aliphatic rings. The predicted octanol–water partition coefficient (Wildman–Crippen LogP) is 3.05. The summed E-state index contributed by atoms with van der Waals surface area (Å²) in [6.45, 7) is 0. The van der Waals surface area contributed by atoms with Crippen molar-refractivity contribution in [3.8, 4) is 16.9 Å². The van der Waals surface area contributed by atoms with Gasteiger partial charge >= 0.3 is 12.1 Å². The fourth-order valence-electron chi connectivity index (χ4n) is 2.17. The zero-order valence-electron chi connectivity index (χ0n) is 11.9. The summed E-state index contributed by atoms with van der Waals surface area (Å²) in [7, 11) is 0. The monoisotopic (exact) mass is 334 g/mol. The highest BCUT2D eigenvalue weighted by Crippen LogP contribution is 2.30. The Morgan fingerprint density at radius 3 is 2.21 bits per heavy atom. The molecule has 0 aliphatic heterocycles. The van der Waals surface area contributed by atoms with Gasteiger partial charge in [-0.3, -0.25) is 4.98 Å². The van der Waals surface area contributed by atoms with E-state index >= 15 is 0 Å². The number of rotatable bonds is 3. The van der Waals surface area contributed by atoms with Gasteiger partial charge in [-0.2, -0.15) is 13.2 Å². The highest BCUT2D eigenvalue weighted by atomic mass is 19.4. The van der Waals surface area contributed by atoms with Crippen LogP contribution in [0.5, 0.6) is 0 Å². The molecule has 0 saturated heterocycles. The van der Waals surface area contributed by atoms with E-state index < -0.39 is 17.7 Å². The summed E-state index contributed by atoms with van der Waals surface area (Å²) < 4.78 is 39.1. The Morgan fingerprint density at radius 2 is 1.67 bits per heavy atom. The van der Waals surface area contributed by atoms with Gasteiger partial charge < -0.3 is 5.11 Å². The van der Waals surface area contributed by atoms with Crippen molar-refractivity contribution in [2.75, 3.05) is 0 Å². The minimum Gasteiger partial charge on any atom is -0.476 e. The van der Waals surface area contributed by atoms with E-state index in [1.54, 1.807) is 12.1 Å². The van der Waals surface area contributed by atoms with Crippen LogP contribution in [0.2, 0.25) is 0 Å². The van der Waals surface area contributed by atoms with E-state index in [-0.39, 0.29) is 17.1 Å². The van der Waals surface area contributed by atoms with Gasteiger partial charge in [0, 0.05) is 18.0 Å². The third-order valence-electron chi connectivity index (χ3n) is 3.27. The van der Waals surface area contributed by atoms with Crippen LogP contribution in [0.15, 0.2) is 48.8 Å². The number of alkyl halides is 3. The number of carbonyl (C=O) groups is 1. The summed E-state index contributed by atoms with van der Waals surface area (Å²) >= 11 is 0. The van der Waals surface area contributed by atoms with Crippen LogP contribution in [0.3, 0.4) is 0 Å². The molecule has 24 heavy (non-hydrogen) atoms. The molecule has 6 nitrogen and oxygen atoms in total. The maximum atomic E-state index is 12.7. The minimum atomic E-state index is -4.46. The molecule has 0 saturated carbocycles. The van der Waals surface area contributed by atoms with Gasteiger partial charge in [0.05, 0.1) is 11.3 Å². The molecular weight excluding hydrogens is 325 g/mol. The molecular formula is C15H9F3N4O2. The van der Waals surface area contributed by atoms with Gasteiger partial charge in [-0.15, -0.1) is 5.10 Å². The zero-order chi connectivity index (χ0) is 17.3. The molecule has 9 heteroatoms. The van der Waals surface area contributed by atoms with Crippen LogP contribution < -0.4 is 0 Å². The third-order valence-corrected chi connectivity index (χ3v) is 3.27. The molecule has 0 unspecified atom stereocenters. The minimum absolute atomic E-state index is 0.157. The van der Waals surface area contributed by atoms with Gasteiger partial charge in [-0.05, 0) is 36.4 Å². The Bertz CT molecular complexity index is 874. The van der Waals surface area contributed by atoms with Crippen molar-refractivity contribution < 1.29 is 23.1 Å². The average molecular weight is 334 g/mol. The molecule has 1 N–H and O–H groups in total. The van der Waals surface area contributed by atoms with Gasteiger partial charge in [0.2, 0.25) is 0 Å². The van der Waals surface area contributed by atoms with Crippen LogP contribution in [0.4, 0.5) is 13.2 Å². The number of halogens is 3. The van der Waals surface area contributed by atoms with E-state index in [4.69, 9.17) is 0 Å². The van der Waals surface area contributed by atoms with Crippen molar-refractivity contribution in [3.05, 3.63) is 60.0 Å². The molecule has 122 valence electrons. The smallest absolute Gasteiger partial charge is 0.416 e. The number of hydrogen-bond donors (Lipinski definition) is 1. The van der Waals surface area contributed by atoms with E-state index in [1.807, 2.05) is 0 Å². The zero-order valence-corrected chi connectivity index (χ0v) is 11.9. The van der Waals surface area contributed by atoms with E-state index in [2.05, 4.69) is 15.3 Å². The fourth-order valence-corrected chi connectivity index (χ4v) is 2.17. The molecule has 3 rings (SSSR count). The van der Waals surface area contributed by atoms with Crippen LogP contribution >= 0.6 is 0 Å². The molecule has 1 aromatic carbocycles. The number of carboxylic acid groups (broad SMARTS) is 1. The van der Waals surface area contributed by atoms with Crippen LogP contribution in [-0.2, 0) is 6.18 Å². The second-order valence-corrected chi connectivity index (χ2v) is 4.78. The summed E-state index contributed by atoms with van der Waals surface area (Å²) in [5.41, 5.74) is -0.219. The largest absolute Gasteiger partial charge is 0.476 e. The summed E-state index contributed by atoms with van der Waals surface area (Å²) in [6.07, 6.45) is -1.53. The first-order valence-corrected chi connectivity index (χ1v) is 6.65. The van der Waals surface area contributed by atoms with E-state index in [1.165, 1.54) is 29.2 Å². The molecule has 0 radical (unpaired) electrons. The second-order valence-electron chi connectivity index (χ2n) is 4.78. The molecule has 0 fully saturated rings. The summed E-state index contributed by atoms with van der Waals surface area (Å²) in [5.74, 6) is -1.29. The average Bonchev–Trinajstić information content (AvgIpc) is 3.00. The number of aromatic nitrogens is 4. The first kappa shape index (κ1) is 15.7. The normalized spacial score (nSPS) is 11.5. The highest BCUT2D eigenvalue weighted by Gasteiger charge is 2.30. The molecule has 0 aliphatic carbocycles. The van der Waals surface area contributed by atoms with Crippen molar-refractivity contribution in [2.24, 2.45) is 0 Å². The van der Waals surface area contributed by atoms with Crippen LogP contribution in [0, 0.1) is 0 Å². The maximum absolute atomic E-state index is 12.7.